The molecule has 2 amide bonds. The van der Waals surface area contributed by atoms with Crippen LogP contribution in [0.3, 0.4) is 0 Å². The van der Waals surface area contributed by atoms with Crippen molar-refractivity contribution in [2.75, 3.05) is 22.8 Å². The van der Waals surface area contributed by atoms with Crippen LogP contribution in [-0.4, -0.2) is 39.6 Å². The van der Waals surface area contributed by atoms with E-state index in [1.165, 1.54) is 42.6 Å². The number of halogens is 1. The lowest BCUT2D eigenvalue weighted by atomic mass is 10.2. The third kappa shape index (κ3) is 8.23. The monoisotopic (exact) mass is 574 g/mol. The van der Waals surface area contributed by atoms with Gasteiger partial charge in [0, 0.05) is 5.69 Å². The van der Waals surface area contributed by atoms with Gasteiger partial charge in [0.25, 0.3) is 21.8 Å². The number of carbonyl (C=O) groups excluding carboxylic acids is 2. The van der Waals surface area contributed by atoms with E-state index >= 15 is 0 Å². The zero-order valence-corrected chi connectivity index (χ0v) is 22.8. The molecule has 2 N–H and O–H groups in total. The number of nitrogens with zero attached hydrogens (tertiary/aromatic N) is 2. The molecule has 0 bridgehead atoms. The Morgan fingerprint density at radius 3 is 2.29 bits per heavy atom. The normalized spacial score (nSPS) is 11.2. The molecule has 0 saturated carbocycles. The van der Waals surface area contributed by atoms with Gasteiger partial charge in [0.05, 0.1) is 16.8 Å². The van der Waals surface area contributed by atoms with Crippen molar-refractivity contribution in [2.24, 2.45) is 5.10 Å². The second-order valence-electron chi connectivity index (χ2n) is 8.87. The van der Waals surface area contributed by atoms with Crippen LogP contribution in [0.1, 0.15) is 11.1 Å². The highest BCUT2D eigenvalue weighted by Gasteiger charge is 2.27. The van der Waals surface area contributed by atoms with E-state index in [4.69, 9.17) is 4.74 Å². The third-order valence-electron chi connectivity index (χ3n) is 5.69. The number of hydrazone groups is 1. The van der Waals surface area contributed by atoms with Gasteiger partial charge in [0.15, 0.2) is 6.61 Å². The Bertz CT molecular complexity index is 1630. The van der Waals surface area contributed by atoms with Crippen molar-refractivity contribution >= 4 is 39.4 Å². The molecular formula is C30H27FN4O5S. The lowest BCUT2D eigenvalue weighted by Crippen LogP contribution is -2.39. The van der Waals surface area contributed by atoms with Crippen molar-refractivity contribution in [3.05, 3.63) is 120 Å². The maximum absolute atomic E-state index is 13.4. The molecule has 0 radical (unpaired) electrons. The number of sulfonamides is 1. The fraction of sp³-hybridized carbons (Fsp3) is 0.100. The first-order valence-corrected chi connectivity index (χ1v) is 13.9. The molecule has 0 unspecified atom stereocenters. The molecule has 0 heterocycles. The van der Waals surface area contributed by atoms with Gasteiger partial charge in [0.1, 0.15) is 18.1 Å². The molecule has 9 nitrogen and oxygen atoms in total. The highest BCUT2D eigenvalue weighted by atomic mass is 32.2. The average Bonchev–Trinajstić information content (AvgIpc) is 2.97. The Morgan fingerprint density at radius 2 is 1.61 bits per heavy atom. The van der Waals surface area contributed by atoms with Crippen LogP contribution < -0.4 is 19.8 Å². The van der Waals surface area contributed by atoms with Crippen molar-refractivity contribution in [1.82, 2.24) is 5.43 Å². The summed E-state index contributed by atoms with van der Waals surface area (Å²) in [5.41, 5.74) is 4.64. The molecule has 4 aromatic carbocycles. The largest absolute Gasteiger partial charge is 0.484 e. The highest BCUT2D eigenvalue weighted by Crippen LogP contribution is 2.24. The van der Waals surface area contributed by atoms with Gasteiger partial charge in [-0.15, -0.1) is 0 Å². The van der Waals surface area contributed by atoms with Gasteiger partial charge in [-0.1, -0.05) is 30.3 Å². The van der Waals surface area contributed by atoms with Gasteiger partial charge in [0.2, 0.25) is 0 Å². The fourth-order valence-corrected chi connectivity index (χ4v) is 5.13. The average molecular weight is 575 g/mol. The van der Waals surface area contributed by atoms with Gasteiger partial charge in [-0.25, -0.2) is 18.2 Å². The van der Waals surface area contributed by atoms with Gasteiger partial charge in [-0.3, -0.25) is 13.9 Å². The molecular weight excluding hydrogens is 547 g/mol. The number of hydrogen-bond acceptors (Lipinski definition) is 6. The maximum atomic E-state index is 13.4. The van der Waals surface area contributed by atoms with Crippen LogP contribution in [0.2, 0.25) is 0 Å². The van der Waals surface area contributed by atoms with Crippen LogP contribution in [0.5, 0.6) is 5.75 Å². The molecule has 0 atom stereocenters. The zero-order chi connectivity index (χ0) is 29.2. The van der Waals surface area contributed by atoms with Gasteiger partial charge >= 0.3 is 0 Å². The Morgan fingerprint density at radius 1 is 0.902 bits per heavy atom. The smallest absolute Gasteiger partial charge is 0.264 e. The topological polar surface area (TPSA) is 117 Å². The van der Waals surface area contributed by atoms with E-state index in [9.17, 15) is 22.4 Å². The maximum Gasteiger partial charge on any atom is 0.264 e. The summed E-state index contributed by atoms with van der Waals surface area (Å²) in [4.78, 5) is 24.8. The van der Waals surface area contributed by atoms with E-state index in [1.807, 2.05) is 13.0 Å². The SMILES string of the molecule is Cc1cccc(N(CC(=O)N/N=C\c2ccc(OCC(=O)Nc3ccc(F)cc3)cc2)S(=O)(=O)c2ccccc2)c1. The summed E-state index contributed by atoms with van der Waals surface area (Å²) in [7, 11) is -4.02. The van der Waals surface area contributed by atoms with Crippen LogP contribution in [0.25, 0.3) is 0 Å². The number of ether oxygens (including phenoxy) is 1. The number of aryl methyl sites for hydroxylation is 1. The van der Waals surface area contributed by atoms with Crippen LogP contribution in [-0.2, 0) is 19.6 Å². The number of nitrogens with one attached hydrogen (secondary N) is 2. The van der Waals surface area contributed by atoms with Crippen molar-refractivity contribution in [3.8, 4) is 5.75 Å². The second-order valence-corrected chi connectivity index (χ2v) is 10.7. The Balaban J connectivity index is 1.33. The quantitative estimate of drug-likeness (QED) is 0.202. The van der Waals surface area contributed by atoms with E-state index in [-0.39, 0.29) is 11.5 Å². The number of rotatable bonds is 11. The minimum Gasteiger partial charge on any atom is -0.484 e. The first-order chi connectivity index (χ1) is 19.7. The molecule has 41 heavy (non-hydrogen) atoms. The Kier molecular flexibility index (Phi) is 9.43. The number of anilines is 2. The molecule has 0 spiro atoms. The first-order valence-electron chi connectivity index (χ1n) is 12.5. The number of amides is 2. The summed E-state index contributed by atoms with van der Waals surface area (Å²) in [6, 6.07) is 26.7. The van der Waals surface area contributed by atoms with Gasteiger partial charge in [-0.2, -0.15) is 5.10 Å². The van der Waals surface area contributed by atoms with Crippen molar-refractivity contribution < 1.29 is 27.1 Å². The number of benzene rings is 4. The molecule has 4 aromatic rings. The first kappa shape index (κ1) is 29.0. The summed E-state index contributed by atoms with van der Waals surface area (Å²) >= 11 is 0. The van der Waals surface area contributed by atoms with E-state index < -0.39 is 34.2 Å². The molecule has 0 aliphatic rings. The lowest BCUT2D eigenvalue weighted by molar-refractivity contribution is -0.119. The van der Waals surface area contributed by atoms with Crippen LogP contribution in [0.15, 0.2) is 113 Å². The molecule has 0 fully saturated rings. The molecule has 0 aromatic heterocycles. The second kappa shape index (κ2) is 13.4. The third-order valence-corrected chi connectivity index (χ3v) is 7.48. The molecule has 0 saturated heterocycles. The van der Waals surface area contributed by atoms with Gasteiger partial charge < -0.3 is 10.1 Å². The summed E-state index contributed by atoms with van der Waals surface area (Å²) in [6.07, 6.45) is 1.39. The summed E-state index contributed by atoms with van der Waals surface area (Å²) in [5.74, 6) is -1.00. The van der Waals surface area contributed by atoms with Gasteiger partial charge in [-0.05, 0) is 90.8 Å². The minimum atomic E-state index is -4.02. The lowest BCUT2D eigenvalue weighted by Gasteiger charge is -2.24. The summed E-state index contributed by atoms with van der Waals surface area (Å²) in [6.45, 7) is 1.11. The minimum absolute atomic E-state index is 0.0630. The van der Waals surface area contributed by atoms with E-state index in [2.05, 4.69) is 15.8 Å². The van der Waals surface area contributed by atoms with E-state index in [0.717, 1.165) is 9.87 Å². The van der Waals surface area contributed by atoms with Crippen LogP contribution in [0, 0.1) is 12.7 Å². The molecule has 4 rings (SSSR count). The molecule has 210 valence electrons. The summed E-state index contributed by atoms with van der Waals surface area (Å²) < 4.78 is 46.2. The van der Waals surface area contributed by atoms with E-state index in [1.54, 1.807) is 60.7 Å². The fourth-order valence-electron chi connectivity index (χ4n) is 3.69. The Hall–Kier alpha value is -5.03. The Labute approximate surface area is 237 Å². The molecule has 11 heteroatoms. The summed E-state index contributed by atoms with van der Waals surface area (Å²) in [5, 5.41) is 6.54. The predicted octanol–water partition coefficient (Wildman–Crippen LogP) is 4.50. The molecule has 0 aliphatic heterocycles. The standard InChI is InChI=1S/C30H27FN4O5S/c1-22-6-5-7-26(18-22)35(41(38,39)28-8-3-2-4-9-28)20-29(36)34-32-19-23-10-16-27(17-11-23)40-21-30(37)33-25-14-12-24(31)13-15-25/h2-19H,20-21H2,1H3,(H,33,37)(H,34,36)/b32-19-. The van der Waals surface area contributed by atoms with Crippen molar-refractivity contribution in [3.63, 3.8) is 0 Å². The molecule has 0 aliphatic carbocycles. The van der Waals surface area contributed by atoms with Crippen LogP contribution >= 0.6 is 0 Å². The number of hydrogen-bond donors (Lipinski definition) is 2. The highest BCUT2D eigenvalue weighted by molar-refractivity contribution is 7.92. The van der Waals surface area contributed by atoms with Crippen LogP contribution in [0.4, 0.5) is 15.8 Å². The number of carbonyl (C=O) groups is 2. The predicted molar refractivity (Wildman–Crippen MR) is 155 cm³/mol. The van der Waals surface area contributed by atoms with Crippen molar-refractivity contribution in [1.29, 1.82) is 0 Å². The van der Waals surface area contributed by atoms with Crippen molar-refractivity contribution in [2.45, 2.75) is 11.8 Å². The van der Waals surface area contributed by atoms with E-state index in [0.29, 0.717) is 22.7 Å². The zero-order valence-electron chi connectivity index (χ0n) is 22.0.